The van der Waals surface area contributed by atoms with Crippen LogP contribution in [0, 0.1) is 5.92 Å². The van der Waals surface area contributed by atoms with Crippen molar-refractivity contribution >= 4 is 18.3 Å². The number of aromatic nitrogens is 2. The van der Waals surface area contributed by atoms with E-state index < -0.39 is 0 Å². The lowest BCUT2D eigenvalue weighted by Crippen LogP contribution is -2.48. The Hall–Kier alpha value is -1.85. The Labute approximate surface area is 149 Å². The van der Waals surface area contributed by atoms with Crippen LogP contribution in [0.1, 0.15) is 25.3 Å². The Morgan fingerprint density at radius 2 is 2.17 bits per heavy atom. The van der Waals surface area contributed by atoms with Crippen LogP contribution in [0.3, 0.4) is 0 Å². The van der Waals surface area contributed by atoms with E-state index in [4.69, 9.17) is 0 Å². The monoisotopic (exact) mass is 348 g/mol. The molecule has 1 fully saturated rings. The maximum Gasteiger partial charge on any atom is 0.220 e. The molecule has 5 nitrogen and oxygen atoms in total. The number of carbonyl (C=O) groups is 1. The van der Waals surface area contributed by atoms with E-state index in [2.05, 4.69) is 22.7 Å². The summed E-state index contributed by atoms with van der Waals surface area (Å²) in [6, 6.07) is 10.3. The van der Waals surface area contributed by atoms with E-state index in [9.17, 15) is 4.79 Å². The van der Waals surface area contributed by atoms with Crippen LogP contribution in [0.15, 0.2) is 42.7 Å². The molecule has 1 saturated heterocycles. The number of benzene rings is 1. The van der Waals surface area contributed by atoms with E-state index in [1.54, 1.807) is 0 Å². The largest absolute Gasteiger partial charge is 0.353 e. The van der Waals surface area contributed by atoms with Gasteiger partial charge in [-0.2, -0.15) is 5.10 Å². The molecule has 2 aromatic rings. The molecular formula is C18H25ClN4O. The molecule has 3 rings (SSSR count). The minimum Gasteiger partial charge on any atom is -0.353 e. The third kappa shape index (κ3) is 4.82. The zero-order valence-electron chi connectivity index (χ0n) is 13.9. The van der Waals surface area contributed by atoms with Crippen LogP contribution in [-0.4, -0.2) is 34.8 Å². The van der Waals surface area contributed by atoms with Crippen LogP contribution in [0.5, 0.6) is 0 Å². The third-order valence-electron chi connectivity index (χ3n) is 4.43. The van der Waals surface area contributed by atoms with Gasteiger partial charge in [-0.3, -0.25) is 4.79 Å². The quantitative estimate of drug-likeness (QED) is 0.872. The molecule has 1 amide bonds. The molecule has 24 heavy (non-hydrogen) atoms. The number of nitrogens with zero attached hydrogens (tertiary/aromatic N) is 2. The number of nitrogens with one attached hydrogen (secondary N) is 2. The van der Waals surface area contributed by atoms with Crippen molar-refractivity contribution in [1.29, 1.82) is 0 Å². The van der Waals surface area contributed by atoms with Crippen LogP contribution in [0.25, 0.3) is 5.69 Å². The second-order valence-corrected chi connectivity index (χ2v) is 6.27. The summed E-state index contributed by atoms with van der Waals surface area (Å²) >= 11 is 0. The molecule has 130 valence electrons. The first-order valence-electron chi connectivity index (χ1n) is 8.31. The molecule has 1 aromatic heterocycles. The van der Waals surface area contributed by atoms with Crippen molar-refractivity contribution in [3.8, 4) is 5.69 Å². The Morgan fingerprint density at radius 1 is 1.38 bits per heavy atom. The molecule has 2 unspecified atom stereocenters. The Morgan fingerprint density at radius 3 is 2.92 bits per heavy atom. The van der Waals surface area contributed by atoms with Gasteiger partial charge in [0, 0.05) is 18.7 Å². The molecule has 0 saturated carbocycles. The fourth-order valence-electron chi connectivity index (χ4n) is 2.98. The zero-order valence-corrected chi connectivity index (χ0v) is 14.8. The molecule has 6 heteroatoms. The highest BCUT2D eigenvalue weighted by molar-refractivity contribution is 5.85. The van der Waals surface area contributed by atoms with Crippen molar-refractivity contribution < 1.29 is 4.79 Å². The van der Waals surface area contributed by atoms with Gasteiger partial charge in [-0.25, -0.2) is 4.68 Å². The Kier molecular flexibility index (Phi) is 6.82. The molecule has 2 atom stereocenters. The van der Waals surface area contributed by atoms with Crippen molar-refractivity contribution in [3.63, 3.8) is 0 Å². The lowest BCUT2D eigenvalue weighted by atomic mass is 9.95. The highest BCUT2D eigenvalue weighted by Gasteiger charge is 2.22. The molecule has 0 spiro atoms. The molecule has 1 aromatic carbocycles. The summed E-state index contributed by atoms with van der Waals surface area (Å²) in [5.41, 5.74) is 2.12. The van der Waals surface area contributed by atoms with Gasteiger partial charge in [0.05, 0.1) is 11.9 Å². The number of rotatable bonds is 5. The zero-order chi connectivity index (χ0) is 16.1. The molecule has 2 N–H and O–H groups in total. The van der Waals surface area contributed by atoms with Crippen LogP contribution in [0.4, 0.5) is 0 Å². The molecule has 0 aliphatic carbocycles. The van der Waals surface area contributed by atoms with Crippen molar-refractivity contribution in [3.05, 3.63) is 48.3 Å². The maximum absolute atomic E-state index is 12.1. The summed E-state index contributed by atoms with van der Waals surface area (Å²) < 4.78 is 1.85. The van der Waals surface area contributed by atoms with Crippen molar-refractivity contribution in [2.45, 2.75) is 32.2 Å². The van der Waals surface area contributed by atoms with Gasteiger partial charge in [0.25, 0.3) is 0 Å². The van der Waals surface area contributed by atoms with Crippen LogP contribution in [-0.2, 0) is 11.2 Å². The molecule has 1 aliphatic heterocycles. The lowest BCUT2D eigenvalue weighted by Gasteiger charge is -2.30. The minimum atomic E-state index is 0. The van der Waals surface area contributed by atoms with Crippen LogP contribution in [0.2, 0.25) is 0 Å². The van der Waals surface area contributed by atoms with Gasteiger partial charge in [0.1, 0.15) is 0 Å². The van der Waals surface area contributed by atoms with Crippen LogP contribution < -0.4 is 10.6 Å². The summed E-state index contributed by atoms with van der Waals surface area (Å²) in [5.74, 6) is 0.629. The van der Waals surface area contributed by atoms with Gasteiger partial charge in [-0.05, 0) is 49.5 Å². The maximum atomic E-state index is 12.1. The number of carbonyl (C=O) groups excluding carboxylic acids is 1. The molecule has 1 aliphatic rings. The predicted octanol–water partition coefficient (Wildman–Crippen LogP) is 2.34. The average Bonchev–Trinajstić information content (AvgIpc) is 3.05. The van der Waals surface area contributed by atoms with E-state index in [0.717, 1.165) is 37.2 Å². The number of amides is 1. The third-order valence-corrected chi connectivity index (χ3v) is 4.43. The van der Waals surface area contributed by atoms with Gasteiger partial charge in [0.15, 0.2) is 0 Å². The first-order chi connectivity index (χ1) is 11.2. The van der Waals surface area contributed by atoms with E-state index >= 15 is 0 Å². The van der Waals surface area contributed by atoms with Gasteiger partial charge in [0.2, 0.25) is 5.91 Å². The second-order valence-electron chi connectivity index (χ2n) is 6.27. The smallest absolute Gasteiger partial charge is 0.220 e. The summed E-state index contributed by atoms with van der Waals surface area (Å²) in [5, 5.41) is 10.9. The lowest BCUT2D eigenvalue weighted by molar-refractivity contribution is -0.122. The van der Waals surface area contributed by atoms with Gasteiger partial charge in [-0.1, -0.05) is 25.1 Å². The number of halogens is 1. The van der Waals surface area contributed by atoms with E-state index in [0.29, 0.717) is 18.4 Å². The second kappa shape index (κ2) is 8.85. The van der Waals surface area contributed by atoms with Gasteiger partial charge < -0.3 is 10.6 Å². The minimum absolute atomic E-state index is 0. The standard InChI is InChI=1S/C18H24N4O.ClH/c1-14-11-19-10-9-17(14)21-18(23)8-7-15-12-20-22(13-15)16-5-3-2-4-6-16;/h2-6,12-14,17,19H,7-11H2,1H3,(H,21,23);1H. The SMILES string of the molecule is CC1CNCCC1NC(=O)CCc1cnn(-c2ccccc2)c1.Cl. The van der Waals surface area contributed by atoms with Crippen molar-refractivity contribution in [1.82, 2.24) is 20.4 Å². The Bertz CT molecular complexity index is 643. The highest BCUT2D eigenvalue weighted by atomic mass is 35.5. The van der Waals surface area contributed by atoms with Gasteiger partial charge in [-0.15, -0.1) is 12.4 Å². The fourth-order valence-corrected chi connectivity index (χ4v) is 2.98. The summed E-state index contributed by atoms with van der Waals surface area (Å²) in [6.07, 6.45) is 6.08. The first kappa shape index (κ1) is 18.5. The number of aryl methyl sites for hydroxylation is 1. The number of para-hydroxylation sites is 1. The summed E-state index contributed by atoms with van der Waals surface area (Å²) in [7, 11) is 0. The number of piperidine rings is 1. The normalized spacial score (nSPS) is 20.2. The van der Waals surface area contributed by atoms with Crippen LogP contribution >= 0.6 is 12.4 Å². The van der Waals surface area contributed by atoms with Crippen molar-refractivity contribution in [2.24, 2.45) is 5.92 Å². The number of hydrogen-bond acceptors (Lipinski definition) is 3. The number of hydrogen-bond donors (Lipinski definition) is 2. The molecular weight excluding hydrogens is 324 g/mol. The fraction of sp³-hybridized carbons (Fsp3) is 0.444. The highest BCUT2D eigenvalue weighted by Crippen LogP contribution is 2.12. The predicted molar refractivity (Wildman–Crippen MR) is 97.7 cm³/mol. The van der Waals surface area contributed by atoms with E-state index in [1.807, 2.05) is 47.4 Å². The Balaban J connectivity index is 0.00000208. The molecule has 0 radical (unpaired) electrons. The average molecular weight is 349 g/mol. The van der Waals surface area contributed by atoms with Gasteiger partial charge >= 0.3 is 0 Å². The molecule has 0 bridgehead atoms. The molecule has 2 heterocycles. The first-order valence-corrected chi connectivity index (χ1v) is 8.31. The van der Waals surface area contributed by atoms with E-state index in [1.165, 1.54) is 0 Å². The topological polar surface area (TPSA) is 58.9 Å². The summed E-state index contributed by atoms with van der Waals surface area (Å²) in [6.45, 7) is 4.15. The van der Waals surface area contributed by atoms with Crippen molar-refractivity contribution in [2.75, 3.05) is 13.1 Å². The summed E-state index contributed by atoms with van der Waals surface area (Å²) in [4.78, 5) is 12.1. The van der Waals surface area contributed by atoms with E-state index in [-0.39, 0.29) is 18.3 Å².